The second-order valence-electron chi connectivity index (χ2n) is 8.45. The molecule has 5 nitrogen and oxygen atoms in total. The molecule has 1 heterocycles. The van der Waals surface area contributed by atoms with Gasteiger partial charge in [-0.2, -0.15) is 0 Å². The van der Waals surface area contributed by atoms with E-state index in [2.05, 4.69) is 5.32 Å². The van der Waals surface area contributed by atoms with Gasteiger partial charge < -0.3 is 5.32 Å². The van der Waals surface area contributed by atoms with Crippen molar-refractivity contribution in [3.63, 3.8) is 0 Å². The van der Waals surface area contributed by atoms with E-state index in [1.807, 2.05) is 13.8 Å². The molecule has 2 aromatic carbocycles. The number of benzene rings is 2. The Kier molecular flexibility index (Phi) is 5.27. The molecule has 0 radical (unpaired) electrons. The maximum atomic E-state index is 13.4. The highest BCUT2D eigenvalue weighted by atomic mass is 35.5. The van der Waals surface area contributed by atoms with Crippen LogP contribution in [0.15, 0.2) is 59.5 Å². The first-order valence-corrected chi connectivity index (χ1v) is 10.2. The molecule has 0 bridgehead atoms. The molecule has 7 heteroatoms. The second kappa shape index (κ2) is 7.78. The molecule has 1 aliphatic carbocycles. The molecule has 1 aromatic heterocycles. The maximum Gasteiger partial charge on any atom is 0.268 e. The van der Waals surface area contributed by atoms with Gasteiger partial charge >= 0.3 is 0 Å². The van der Waals surface area contributed by atoms with Gasteiger partial charge in [-0.1, -0.05) is 25.4 Å². The number of hydrogen-bond donors (Lipinski definition) is 1. The fourth-order valence-electron chi connectivity index (χ4n) is 3.90. The van der Waals surface area contributed by atoms with Crippen LogP contribution >= 0.6 is 11.6 Å². The maximum absolute atomic E-state index is 13.4. The smallest absolute Gasteiger partial charge is 0.268 e. The molecule has 0 fully saturated rings. The van der Waals surface area contributed by atoms with Crippen LogP contribution < -0.4 is 10.9 Å². The van der Waals surface area contributed by atoms with E-state index >= 15 is 0 Å². The van der Waals surface area contributed by atoms with Gasteiger partial charge in [0, 0.05) is 34.6 Å². The minimum Gasteiger partial charge on any atom is -0.322 e. The van der Waals surface area contributed by atoms with Gasteiger partial charge in [0.2, 0.25) is 0 Å². The van der Waals surface area contributed by atoms with Gasteiger partial charge in [-0.25, -0.2) is 4.39 Å². The Morgan fingerprint density at radius 1 is 1.03 bits per heavy atom. The number of rotatable bonds is 3. The average molecular weight is 439 g/mol. The van der Waals surface area contributed by atoms with Crippen LogP contribution in [-0.2, 0) is 6.42 Å². The topological polar surface area (TPSA) is 68.2 Å². The molecule has 0 saturated heterocycles. The molecule has 31 heavy (non-hydrogen) atoms. The molecule has 0 spiro atoms. The van der Waals surface area contributed by atoms with Crippen molar-refractivity contribution < 1.29 is 14.0 Å². The third kappa shape index (κ3) is 4.16. The molecule has 1 amide bonds. The Balaban J connectivity index is 1.90. The van der Waals surface area contributed by atoms with E-state index in [9.17, 15) is 18.8 Å². The fourth-order valence-corrected chi connectivity index (χ4v) is 4.03. The van der Waals surface area contributed by atoms with Gasteiger partial charge in [0.1, 0.15) is 11.4 Å². The third-order valence-electron chi connectivity index (χ3n) is 5.35. The van der Waals surface area contributed by atoms with E-state index in [1.165, 1.54) is 35.0 Å². The third-order valence-corrected chi connectivity index (χ3v) is 5.60. The molecular weight excluding hydrogens is 419 g/mol. The first kappa shape index (κ1) is 21.0. The van der Waals surface area contributed by atoms with Gasteiger partial charge in [0.05, 0.1) is 0 Å². The monoisotopic (exact) mass is 438 g/mol. The Morgan fingerprint density at radius 2 is 1.68 bits per heavy atom. The Bertz CT molecular complexity index is 1250. The minimum atomic E-state index is -0.637. The zero-order valence-electron chi connectivity index (χ0n) is 17.0. The number of amides is 1. The predicted octanol–water partition coefficient (Wildman–Crippen LogP) is 5.04. The lowest BCUT2D eigenvalue weighted by Crippen LogP contribution is -2.37. The first-order valence-electron chi connectivity index (χ1n) is 9.79. The fraction of sp³-hybridized carbons (Fsp3) is 0.208. The number of carbonyl (C=O) groups excluding carboxylic acids is 2. The summed E-state index contributed by atoms with van der Waals surface area (Å²) in [4.78, 5) is 39.5. The van der Waals surface area contributed by atoms with E-state index < -0.39 is 17.3 Å². The number of fused-ring (bicyclic) bond motifs is 1. The van der Waals surface area contributed by atoms with E-state index in [4.69, 9.17) is 11.6 Å². The predicted molar refractivity (Wildman–Crippen MR) is 118 cm³/mol. The molecule has 1 N–H and O–H groups in total. The van der Waals surface area contributed by atoms with Crippen molar-refractivity contribution >= 4 is 29.0 Å². The summed E-state index contributed by atoms with van der Waals surface area (Å²) in [5.41, 5.74) is 0.639. The van der Waals surface area contributed by atoms with Gasteiger partial charge in [-0.3, -0.25) is 19.0 Å². The molecule has 0 saturated carbocycles. The Hall–Kier alpha value is -3.25. The highest BCUT2D eigenvalue weighted by Gasteiger charge is 2.36. The van der Waals surface area contributed by atoms with Gasteiger partial charge in [0.15, 0.2) is 5.78 Å². The molecule has 0 unspecified atom stereocenters. The summed E-state index contributed by atoms with van der Waals surface area (Å²) in [6, 6.07) is 11.8. The number of nitrogens with zero attached hydrogens (tertiary/aromatic N) is 1. The Morgan fingerprint density at radius 3 is 2.32 bits per heavy atom. The van der Waals surface area contributed by atoms with Crippen molar-refractivity contribution in [3.05, 3.63) is 92.6 Å². The summed E-state index contributed by atoms with van der Waals surface area (Å²) in [6.45, 7) is 3.86. The number of Topliss-reactive ketones (excluding diaryl/α,β-unsaturated/α-hetero) is 1. The van der Waals surface area contributed by atoms with Crippen LogP contribution in [0.5, 0.6) is 0 Å². The first-order chi connectivity index (χ1) is 14.6. The average Bonchev–Trinajstić information content (AvgIpc) is 2.69. The van der Waals surface area contributed by atoms with Gasteiger partial charge in [-0.15, -0.1) is 0 Å². The number of hydrogen-bond acceptors (Lipinski definition) is 3. The quantitative estimate of drug-likeness (QED) is 0.623. The van der Waals surface area contributed by atoms with Gasteiger partial charge in [-0.05, 0) is 65.9 Å². The zero-order valence-corrected chi connectivity index (χ0v) is 17.8. The van der Waals surface area contributed by atoms with Crippen molar-refractivity contribution in [2.45, 2.75) is 26.7 Å². The summed E-state index contributed by atoms with van der Waals surface area (Å²) in [5.74, 6) is -1.20. The van der Waals surface area contributed by atoms with Crippen LogP contribution in [0.25, 0.3) is 5.69 Å². The summed E-state index contributed by atoms with van der Waals surface area (Å²) >= 11 is 5.96. The largest absolute Gasteiger partial charge is 0.322 e. The van der Waals surface area contributed by atoms with Gasteiger partial charge in [0.25, 0.3) is 11.5 Å². The van der Waals surface area contributed by atoms with Crippen molar-refractivity contribution in [1.29, 1.82) is 0 Å². The minimum absolute atomic E-state index is 0.0853. The van der Waals surface area contributed by atoms with Crippen LogP contribution in [0.1, 0.15) is 46.5 Å². The lowest BCUT2D eigenvalue weighted by atomic mass is 9.73. The standard InChI is InChI=1S/C24H20ClFN2O3/c1-24(2)11-18-19(20(29)12-24)13-28(17-9-3-14(25)4-10-17)23(31)21(18)22(30)27-16-7-5-15(26)6-8-16/h3-10,13H,11-12H2,1-2H3,(H,27,30). The molecule has 4 rings (SSSR count). The number of nitrogens with one attached hydrogen (secondary N) is 1. The van der Waals surface area contributed by atoms with Crippen LogP contribution in [0, 0.1) is 11.2 Å². The van der Waals surface area contributed by atoms with Crippen LogP contribution in [-0.4, -0.2) is 16.3 Å². The molecule has 1 aliphatic rings. The molecule has 158 valence electrons. The van der Waals surface area contributed by atoms with Crippen molar-refractivity contribution in [1.82, 2.24) is 4.57 Å². The van der Waals surface area contributed by atoms with E-state index in [0.29, 0.717) is 40.4 Å². The van der Waals surface area contributed by atoms with Crippen molar-refractivity contribution in [2.75, 3.05) is 5.32 Å². The number of halogens is 2. The SMILES string of the molecule is CC1(C)CC(=O)c2cn(-c3ccc(Cl)cc3)c(=O)c(C(=O)Nc3ccc(F)cc3)c2C1. The van der Waals surface area contributed by atoms with E-state index in [1.54, 1.807) is 24.3 Å². The van der Waals surface area contributed by atoms with Crippen LogP contribution in [0.3, 0.4) is 0 Å². The number of pyridine rings is 1. The Labute approximate surface area is 183 Å². The summed E-state index contributed by atoms with van der Waals surface area (Å²) in [5, 5.41) is 3.16. The summed E-state index contributed by atoms with van der Waals surface area (Å²) < 4.78 is 14.5. The lowest BCUT2D eigenvalue weighted by molar-refractivity contribution is 0.0910. The molecule has 0 atom stereocenters. The zero-order chi connectivity index (χ0) is 22.3. The molecular formula is C24H20ClFN2O3. The number of aromatic nitrogens is 1. The van der Waals surface area contributed by atoms with Crippen LogP contribution in [0.2, 0.25) is 5.02 Å². The number of ketones is 1. The van der Waals surface area contributed by atoms with Crippen LogP contribution in [0.4, 0.5) is 10.1 Å². The normalized spacial score (nSPS) is 14.8. The molecule has 3 aromatic rings. The lowest BCUT2D eigenvalue weighted by Gasteiger charge is -2.31. The highest BCUT2D eigenvalue weighted by Crippen LogP contribution is 2.36. The number of anilines is 1. The van der Waals surface area contributed by atoms with Crippen molar-refractivity contribution in [3.8, 4) is 5.69 Å². The second-order valence-corrected chi connectivity index (χ2v) is 8.89. The van der Waals surface area contributed by atoms with Crippen molar-refractivity contribution in [2.24, 2.45) is 5.41 Å². The van der Waals surface area contributed by atoms with E-state index in [0.717, 1.165) is 0 Å². The van der Waals surface area contributed by atoms with E-state index in [-0.39, 0.29) is 16.8 Å². The highest BCUT2D eigenvalue weighted by molar-refractivity contribution is 6.30. The summed E-state index contributed by atoms with van der Waals surface area (Å²) in [6.07, 6.45) is 2.24. The molecule has 0 aliphatic heterocycles. The summed E-state index contributed by atoms with van der Waals surface area (Å²) in [7, 11) is 0. The number of carbonyl (C=O) groups is 2.